The number of benzene rings is 2. The molecular weight excluding hydrogens is 394 g/mol. The van der Waals surface area contributed by atoms with Crippen molar-refractivity contribution in [3.05, 3.63) is 65.4 Å². The quantitative estimate of drug-likeness (QED) is 0.607. The van der Waals surface area contributed by atoms with Crippen LogP contribution in [0.4, 0.5) is 0 Å². The molecule has 1 saturated heterocycles. The minimum absolute atomic E-state index is 0.0638. The Hall–Kier alpha value is -2.87. The predicted octanol–water partition coefficient (Wildman–Crippen LogP) is 3.34. The van der Waals surface area contributed by atoms with E-state index in [1.165, 1.54) is 5.56 Å². The van der Waals surface area contributed by atoms with Gasteiger partial charge in [0.25, 0.3) is 0 Å². The van der Waals surface area contributed by atoms with Crippen LogP contribution in [-0.2, 0) is 11.3 Å². The molecule has 2 aromatic carbocycles. The highest BCUT2D eigenvalue weighted by molar-refractivity contribution is 5.62. The van der Waals surface area contributed by atoms with Gasteiger partial charge < -0.3 is 19.3 Å². The summed E-state index contributed by atoms with van der Waals surface area (Å²) >= 11 is 0. The first-order valence-electron chi connectivity index (χ1n) is 10.4. The van der Waals surface area contributed by atoms with Crippen LogP contribution in [0.3, 0.4) is 0 Å². The third-order valence-electron chi connectivity index (χ3n) is 5.82. The molecule has 7 nitrogen and oxygen atoms in total. The van der Waals surface area contributed by atoms with Crippen molar-refractivity contribution in [3.8, 4) is 22.8 Å². The number of hydrogen-bond donors (Lipinski definition) is 2. The second-order valence-corrected chi connectivity index (χ2v) is 7.76. The van der Waals surface area contributed by atoms with Crippen LogP contribution in [0.15, 0.2) is 48.7 Å². The van der Waals surface area contributed by atoms with Gasteiger partial charge in [0.2, 0.25) is 0 Å². The van der Waals surface area contributed by atoms with Crippen LogP contribution in [-0.4, -0.2) is 60.3 Å². The lowest BCUT2D eigenvalue weighted by Crippen LogP contribution is -2.46. The molecule has 2 atom stereocenters. The molecule has 2 N–H and O–H groups in total. The Morgan fingerprint density at radius 2 is 1.90 bits per heavy atom. The van der Waals surface area contributed by atoms with Crippen molar-refractivity contribution in [2.45, 2.75) is 25.6 Å². The van der Waals surface area contributed by atoms with Gasteiger partial charge in [-0.1, -0.05) is 35.9 Å². The zero-order valence-electron chi connectivity index (χ0n) is 18.2. The summed E-state index contributed by atoms with van der Waals surface area (Å²) < 4.78 is 16.8. The molecule has 0 spiro atoms. The average Bonchev–Trinajstić information content (AvgIpc) is 3.27. The smallest absolute Gasteiger partial charge is 0.161 e. The van der Waals surface area contributed by atoms with E-state index in [0.29, 0.717) is 24.7 Å². The maximum atomic E-state index is 10.0. The number of H-pyrrole nitrogens is 1. The van der Waals surface area contributed by atoms with Crippen molar-refractivity contribution in [3.63, 3.8) is 0 Å². The van der Waals surface area contributed by atoms with Gasteiger partial charge in [0, 0.05) is 18.7 Å². The zero-order valence-corrected chi connectivity index (χ0v) is 18.2. The van der Waals surface area contributed by atoms with Gasteiger partial charge in [0.05, 0.1) is 45.4 Å². The third-order valence-corrected chi connectivity index (χ3v) is 5.82. The molecule has 0 amide bonds. The van der Waals surface area contributed by atoms with Gasteiger partial charge in [0.1, 0.15) is 6.10 Å². The Balaban J connectivity index is 1.66. The summed E-state index contributed by atoms with van der Waals surface area (Å²) in [4.78, 5) is 2.33. The summed E-state index contributed by atoms with van der Waals surface area (Å²) in [6.45, 7) is 4.00. The van der Waals surface area contributed by atoms with E-state index in [1.807, 2.05) is 24.4 Å². The van der Waals surface area contributed by atoms with E-state index in [2.05, 4.69) is 46.3 Å². The van der Waals surface area contributed by atoms with E-state index in [1.54, 1.807) is 14.2 Å². The van der Waals surface area contributed by atoms with Gasteiger partial charge in [-0.05, 0) is 30.2 Å². The van der Waals surface area contributed by atoms with Gasteiger partial charge in [-0.3, -0.25) is 10.00 Å². The second kappa shape index (κ2) is 9.51. The van der Waals surface area contributed by atoms with Crippen LogP contribution in [0.2, 0.25) is 0 Å². The number of aromatic nitrogens is 2. The van der Waals surface area contributed by atoms with Gasteiger partial charge in [-0.25, -0.2) is 0 Å². The highest BCUT2D eigenvalue weighted by Gasteiger charge is 2.34. The van der Waals surface area contributed by atoms with Crippen molar-refractivity contribution in [2.24, 2.45) is 0 Å². The molecule has 2 heterocycles. The Labute approximate surface area is 182 Å². The first-order chi connectivity index (χ1) is 15.1. The lowest BCUT2D eigenvalue weighted by atomic mass is 9.96. The first kappa shape index (κ1) is 21.4. The summed E-state index contributed by atoms with van der Waals surface area (Å²) in [7, 11) is 3.25. The SMILES string of the molecule is COc1ccc([C@@H]2[C@@H](CO)OCCN2Cc2cn[nH]c2-c2ccc(C)cc2)cc1OC. The van der Waals surface area contributed by atoms with Gasteiger partial charge in [-0.15, -0.1) is 0 Å². The van der Waals surface area contributed by atoms with Crippen LogP contribution in [0.25, 0.3) is 11.3 Å². The largest absolute Gasteiger partial charge is 0.493 e. The number of aromatic amines is 1. The van der Waals surface area contributed by atoms with Gasteiger partial charge in [-0.2, -0.15) is 5.10 Å². The van der Waals surface area contributed by atoms with E-state index in [4.69, 9.17) is 14.2 Å². The highest BCUT2D eigenvalue weighted by Crippen LogP contribution is 2.37. The Morgan fingerprint density at radius 3 is 2.61 bits per heavy atom. The number of aliphatic hydroxyl groups is 1. The first-order valence-corrected chi connectivity index (χ1v) is 10.4. The predicted molar refractivity (Wildman–Crippen MR) is 118 cm³/mol. The van der Waals surface area contributed by atoms with E-state index >= 15 is 0 Å². The number of aryl methyl sites for hydroxylation is 1. The maximum absolute atomic E-state index is 10.0. The van der Waals surface area contributed by atoms with E-state index < -0.39 is 0 Å². The number of morpholine rings is 1. The molecule has 1 aliphatic heterocycles. The molecule has 4 rings (SSSR count). The normalized spacial score (nSPS) is 19.4. The molecule has 3 aromatic rings. The molecule has 0 aliphatic carbocycles. The fraction of sp³-hybridized carbons (Fsp3) is 0.375. The number of methoxy groups -OCH3 is 2. The summed E-state index contributed by atoms with van der Waals surface area (Å²) in [5.41, 5.74) is 5.45. The van der Waals surface area contributed by atoms with Crippen LogP contribution in [0.5, 0.6) is 11.5 Å². The molecule has 0 unspecified atom stereocenters. The lowest BCUT2D eigenvalue weighted by Gasteiger charge is -2.41. The molecular formula is C24H29N3O4. The molecule has 0 bridgehead atoms. The molecule has 7 heteroatoms. The van der Waals surface area contributed by atoms with Gasteiger partial charge in [0.15, 0.2) is 11.5 Å². The highest BCUT2D eigenvalue weighted by atomic mass is 16.5. The number of aliphatic hydroxyl groups excluding tert-OH is 1. The van der Waals surface area contributed by atoms with Crippen LogP contribution in [0, 0.1) is 6.92 Å². The van der Waals surface area contributed by atoms with Crippen molar-refractivity contribution >= 4 is 0 Å². The monoisotopic (exact) mass is 423 g/mol. The summed E-state index contributed by atoms with van der Waals surface area (Å²) in [5, 5.41) is 17.5. The zero-order chi connectivity index (χ0) is 21.8. The molecule has 1 fully saturated rings. The number of nitrogens with zero attached hydrogens (tertiary/aromatic N) is 2. The Bertz CT molecular complexity index is 1000. The maximum Gasteiger partial charge on any atom is 0.161 e. The number of rotatable bonds is 7. The fourth-order valence-electron chi connectivity index (χ4n) is 4.20. The van der Waals surface area contributed by atoms with Crippen LogP contribution >= 0.6 is 0 Å². The van der Waals surface area contributed by atoms with E-state index in [0.717, 1.165) is 28.9 Å². The lowest BCUT2D eigenvalue weighted by molar-refractivity contribution is -0.0960. The number of ether oxygens (including phenoxy) is 3. The number of nitrogens with one attached hydrogen (secondary N) is 1. The Morgan fingerprint density at radius 1 is 1.13 bits per heavy atom. The molecule has 0 saturated carbocycles. The van der Waals surface area contributed by atoms with Crippen molar-refractivity contribution in [1.29, 1.82) is 0 Å². The van der Waals surface area contributed by atoms with Crippen LogP contribution in [0.1, 0.15) is 22.7 Å². The summed E-state index contributed by atoms with van der Waals surface area (Å²) in [5.74, 6) is 1.33. The summed E-state index contributed by atoms with van der Waals surface area (Å²) in [6.07, 6.45) is 1.55. The molecule has 164 valence electrons. The minimum atomic E-state index is -0.332. The third kappa shape index (κ3) is 4.44. The Kier molecular flexibility index (Phi) is 6.56. The van der Waals surface area contributed by atoms with Crippen LogP contribution < -0.4 is 9.47 Å². The van der Waals surface area contributed by atoms with Gasteiger partial charge >= 0.3 is 0 Å². The minimum Gasteiger partial charge on any atom is -0.493 e. The topological polar surface area (TPSA) is 79.8 Å². The van der Waals surface area contributed by atoms with Crippen molar-refractivity contribution < 1.29 is 19.3 Å². The molecule has 0 radical (unpaired) electrons. The fourth-order valence-corrected chi connectivity index (χ4v) is 4.20. The van der Waals surface area contributed by atoms with Crippen molar-refractivity contribution in [2.75, 3.05) is 34.0 Å². The average molecular weight is 424 g/mol. The van der Waals surface area contributed by atoms with E-state index in [9.17, 15) is 5.11 Å². The molecule has 31 heavy (non-hydrogen) atoms. The van der Waals surface area contributed by atoms with Crippen molar-refractivity contribution in [1.82, 2.24) is 15.1 Å². The van der Waals surface area contributed by atoms with E-state index in [-0.39, 0.29) is 18.8 Å². The second-order valence-electron chi connectivity index (χ2n) is 7.76. The molecule has 1 aromatic heterocycles. The number of hydrogen-bond acceptors (Lipinski definition) is 6. The summed E-state index contributed by atoms with van der Waals surface area (Å²) in [6, 6.07) is 14.1. The molecule has 1 aliphatic rings. The standard InChI is InChI=1S/C24H29N3O4/c1-16-4-6-17(7-5-16)23-19(13-25-26-23)14-27-10-11-31-22(15-28)24(27)18-8-9-20(29-2)21(12-18)30-3/h4-9,12-13,22,24,28H,10-11,14-15H2,1-3H3,(H,25,26)/t22-,24-/m1/s1.